The predicted molar refractivity (Wildman–Crippen MR) is 275 cm³/mol. The Hall–Kier alpha value is -8.62. The molecule has 75 heavy (non-hydrogen) atoms. The highest BCUT2D eigenvalue weighted by Gasteiger charge is 2.30. The highest BCUT2D eigenvalue weighted by atomic mass is 19.1. The molecule has 2 atom stereocenters. The zero-order valence-electron chi connectivity index (χ0n) is 42.1. The number of nitrogens with one attached hydrogen (secondary N) is 4. The number of hydrogen-bond acceptors (Lipinski definition) is 12. The van der Waals surface area contributed by atoms with Crippen molar-refractivity contribution in [2.75, 3.05) is 25.0 Å². The van der Waals surface area contributed by atoms with E-state index in [2.05, 4.69) is 31.0 Å². The van der Waals surface area contributed by atoms with Crippen molar-refractivity contribution in [1.82, 2.24) is 50.0 Å². The molecule has 6 aromatic rings. The molecule has 0 bridgehead atoms. The number of imide groups is 1. The van der Waals surface area contributed by atoms with Gasteiger partial charge in [0.1, 0.15) is 24.6 Å². The summed E-state index contributed by atoms with van der Waals surface area (Å²) in [6.07, 6.45) is 7.61. The number of carbonyl (C=O) groups is 7. The number of nitrogens with zero attached hydrogens (tertiary/aromatic N) is 7. The van der Waals surface area contributed by atoms with Crippen LogP contribution in [0.3, 0.4) is 0 Å². The summed E-state index contributed by atoms with van der Waals surface area (Å²) in [5, 5.41) is 12.5. The van der Waals surface area contributed by atoms with E-state index in [1.165, 1.54) is 35.5 Å². The summed E-state index contributed by atoms with van der Waals surface area (Å²) in [6.45, 7) is 6.04. The fraction of sp³-hybridized carbons (Fsp3) is 0.352. The number of anilines is 1. The lowest BCUT2D eigenvalue weighted by Crippen LogP contribution is -2.45. The number of Topliss-reactive ketones (excluding diaryl/α,β-unsaturated/α-hetero) is 1. The number of ketones is 1. The Morgan fingerprint density at radius 1 is 0.880 bits per heavy atom. The van der Waals surface area contributed by atoms with Crippen molar-refractivity contribution < 1.29 is 42.7 Å². The fourth-order valence-electron chi connectivity index (χ4n) is 8.53. The Bertz CT molecular complexity index is 3010. The van der Waals surface area contributed by atoms with Crippen molar-refractivity contribution in [1.29, 1.82) is 0 Å². The molecule has 2 aromatic carbocycles. The van der Waals surface area contributed by atoms with Gasteiger partial charge in [0.25, 0.3) is 11.8 Å². The van der Waals surface area contributed by atoms with Crippen molar-refractivity contribution in [2.45, 2.75) is 91.3 Å². The number of halogens is 1. The second kappa shape index (κ2) is 25.9. The van der Waals surface area contributed by atoms with Gasteiger partial charge in [0.2, 0.25) is 11.8 Å². The summed E-state index contributed by atoms with van der Waals surface area (Å²) in [4.78, 5) is 110. The van der Waals surface area contributed by atoms with Gasteiger partial charge < -0.3 is 36.3 Å². The lowest BCUT2D eigenvalue weighted by molar-refractivity contribution is -0.137. The summed E-state index contributed by atoms with van der Waals surface area (Å²) < 4.78 is 21.3. The molecule has 392 valence electrons. The SMILES string of the molecule is Cc1cccc(-c2[nH]c(CN(CCc3ccc(F)cc3)C(=O)OCc3ccc(NC(=O)[C@H](CCCNC(N)=O)CC(=O)[C@@H](NC(=O)CCCCCN4C(=O)C=CC4=O)C(C)C)cc3)nc2-c2ccc3ncnn3c2)n1. The highest BCUT2D eigenvalue weighted by Crippen LogP contribution is 2.30. The second-order valence-corrected chi connectivity index (χ2v) is 18.7. The number of imidazole rings is 1. The molecule has 20 nitrogen and oxygen atoms in total. The predicted octanol–water partition coefficient (Wildman–Crippen LogP) is 6.60. The molecule has 5 heterocycles. The number of benzene rings is 2. The third-order valence-corrected chi connectivity index (χ3v) is 12.6. The van der Waals surface area contributed by atoms with E-state index in [0.717, 1.165) is 21.7 Å². The van der Waals surface area contributed by atoms with Crippen LogP contribution >= 0.6 is 0 Å². The van der Waals surface area contributed by atoms with Gasteiger partial charge in [0.05, 0.1) is 29.7 Å². The number of urea groups is 1. The van der Waals surface area contributed by atoms with Gasteiger partial charge >= 0.3 is 12.1 Å². The molecule has 6 N–H and O–H groups in total. The maximum absolute atomic E-state index is 14.0. The number of fused-ring (bicyclic) bond motifs is 1. The topological polar surface area (TPSA) is 269 Å². The van der Waals surface area contributed by atoms with Gasteiger partial charge in [-0.1, -0.05) is 50.6 Å². The molecule has 1 aliphatic heterocycles. The summed E-state index contributed by atoms with van der Waals surface area (Å²) in [7, 11) is 0. The third-order valence-electron chi connectivity index (χ3n) is 12.6. The Balaban J connectivity index is 0.984. The van der Waals surface area contributed by atoms with Crippen LogP contribution in [0.15, 0.2) is 104 Å². The first kappa shape index (κ1) is 54.2. The molecule has 1 aliphatic rings. The number of aromatic nitrogens is 6. The standard InChI is InChI=1S/C54H61FN12O8/c1-34(2)49(64-46(69)12-5-4-6-27-66-47(70)23-24-48(66)71)43(68)29-38(10-8-26-57-53(56)73)52(72)61-41-20-15-37(16-21-41)32-75-54(74)65(28-25-36-13-18-40(55)19-14-36)31-44-62-50(39-17-22-45-58-33-59-67(45)30-39)51(63-44)42-11-7-9-35(3)60-42/h7,9,11,13-24,30,33-34,38,49H,4-6,8,10,12,25-29,31-32H2,1-3H3,(H,61,72)(H,62,63)(H,64,69)(H3,56,57,73)/t38-,49+/m1/s1. The normalized spacial score (nSPS) is 13.0. The molecular formula is C54H61FN12O8. The van der Waals surface area contributed by atoms with E-state index in [-0.39, 0.29) is 87.3 Å². The van der Waals surface area contributed by atoms with Crippen LogP contribution < -0.4 is 21.7 Å². The Kier molecular flexibility index (Phi) is 18.7. The molecule has 0 unspecified atom stereocenters. The molecule has 0 spiro atoms. The van der Waals surface area contributed by atoms with Gasteiger partial charge in [0, 0.05) is 73.7 Å². The summed E-state index contributed by atoms with van der Waals surface area (Å²) in [6, 6.07) is 20.5. The van der Waals surface area contributed by atoms with Crippen molar-refractivity contribution in [3.8, 4) is 22.6 Å². The average molecular weight is 1030 g/mol. The van der Waals surface area contributed by atoms with Crippen molar-refractivity contribution in [2.24, 2.45) is 17.6 Å². The van der Waals surface area contributed by atoms with E-state index in [1.54, 1.807) is 54.8 Å². The number of H-pyrrole nitrogens is 1. The van der Waals surface area contributed by atoms with Gasteiger partial charge in [-0.3, -0.25) is 33.9 Å². The lowest BCUT2D eigenvalue weighted by atomic mass is 9.89. The zero-order chi connectivity index (χ0) is 53.4. The Morgan fingerprint density at radius 3 is 2.35 bits per heavy atom. The van der Waals surface area contributed by atoms with Crippen LogP contribution in [0, 0.1) is 24.6 Å². The molecule has 7 rings (SSSR count). The maximum Gasteiger partial charge on any atom is 0.410 e. The van der Waals surface area contributed by atoms with Crippen LogP contribution in [0.2, 0.25) is 0 Å². The first-order chi connectivity index (χ1) is 36.1. The zero-order valence-corrected chi connectivity index (χ0v) is 42.1. The largest absolute Gasteiger partial charge is 0.445 e. The summed E-state index contributed by atoms with van der Waals surface area (Å²) in [5.41, 5.74) is 11.2. The van der Waals surface area contributed by atoms with Gasteiger partial charge in [-0.2, -0.15) is 5.10 Å². The van der Waals surface area contributed by atoms with E-state index in [1.807, 2.05) is 43.5 Å². The van der Waals surface area contributed by atoms with Crippen LogP contribution in [0.1, 0.15) is 81.4 Å². The van der Waals surface area contributed by atoms with E-state index >= 15 is 0 Å². The van der Waals surface area contributed by atoms with Crippen LogP contribution in [0.5, 0.6) is 0 Å². The number of ether oxygens (including phenoxy) is 1. The monoisotopic (exact) mass is 1020 g/mol. The number of carbonyl (C=O) groups excluding carboxylic acids is 7. The first-order valence-electron chi connectivity index (χ1n) is 24.9. The van der Waals surface area contributed by atoms with Crippen molar-refractivity contribution in [3.05, 3.63) is 132 Å². The quantitative estimate of drug-likeness (QED) is 0.0284. The number of hydrogen-bond donors (Lipinski definition) is 5. The maximum atomic E-state index is 14.0. The number of aryl methyl sites for hydroxylation is 1. The molecule has 7 amide bonds. The van der Waals surface area contributed by atoms with Crippen LogP contribution in [-0.2, 0) is 48.3 Å². The Morgan fingerprint density at radius 2 is 1.63 bits per heavy atom. The number of rotatable bonds is 26. The minimum absolute atomic E-state index is 0.0229. The van der Waals surface area contributed by atoms with Gasteiger partial charge in [-0.15, -0.1) is 0 Å². The van der Waals surface area contributed by atoms with E-state index < -0.39 is 30.0 Å². The van der Waals surface area contributed by atoms with Crippen molar-refractivity contribution >= 4 is 52.9 Å². The van der Waals surface area contributed by atoms with Gasteiger partial charge in [0.15, 0.2) is 11.4 Å². The van der Waals surface area contributed by atoms with Gasteiger partial charge in [-0.25, -0.2) is 28.5 Å². The summed E-state index contributed by atoms with van der Waals surface area (Å²) >= 11 is 0. The van der Waals surface area contributed by atoms with Crippen LogP contribution in [0.4, 0.5) is 19.7 Å². The number of primary amides is 1. The Labute approximate surface area is 432 Å². The van der Waals surface area contributed by atoms with Crippen molar-refractivity contribution in [3.63, 3.8) is 0 Å². The lowest BCUT2D eigenvalue weighted by Gasteiger charge is -2.24. The van der Waals surface area contributed by atoms with Crippen LogP contribution in [-0.4, -0.2) is 107 Å². The smallest absolute Gasteiger partial charge is 0.410 e. The highest BCUT2D eigenvalue weighted by molar-refractivity contribution is 6.12. The molecule has 21 heteroatoms. The van der Waals surface area contributed by atoms with E-state index in [9.17, 15) is 38.0 Å². The molecule has 0 aliphatic carbocycles. The minimum Gasteiger partial charge on any atom is -0.445 e. The average Bonchev–Trinajstić information content (AvgIpc) is 4.13. The van der Waals surface area contributed by atoms with Gasteiger partial charge in [-0.05, 0) is 105 Å². The number of unbranched alkanes of at least 4 members (excludes halogenated alkanes) is 2. The molecule has 4 aromatic heterocycles. The first-order valence-corrected chi connectivity index (χ1v) is 24.9. The van der Waals surface area contributed by atoms with E-state index in [0.29, 0.717) is 71.9 Å². The summed E-state index contributed by atoms with van der Waals surface area (Å²) in [5.74, 6) is -2.85. The second-order valence-electron chi connectivity index (χ2n) is 18.7. The van der Waals surface area contributed by atoms with E-state index in [4.69, 9.17) is 20.4 Å². The number of pyridine rings is 2. The molecule has 0 saturated carbocycles. The molecule has 0 radical (unpaired) electrons. The van der Waals surface area contributed by atoms with Crippen LogP contribution in [0.25, 0.3) is 28.3 Å². The third kappa shape index (κ3) is 15.4. The minimum atomic E-state index is -0.866. The number of nitrogens with two attached hydrogens (primary N) is 1. The number of aromatic amines is 1. The molecule has 0 fully saturated rings. The number of amides is 7. The fourth-order valence-corrected chi connectivity index (χ4v) is 8.53. The molecule has 0 saturated heterocycles. The molecular weight excluding hydrogens is 964 g/mol.